The molecule has 4 nitrogen and oxygen atoms in total. The maximum absolute atomic E-state index is 4.69. The predicted octanol–water partition coefficient (Wildman–Crippen LogP) is 6.05. The lowest BCUT2D eigenvalue weighted by Gasteiger charge is -2.23. The van der Waals surface area contributed by atoms with E-state index >= 15 is 0 Å². The summed E-state index contributed by atoms with van der Waals surface area (Å²) in [6.45, 7) is 17.2. The second-order valence-electron chi connectivity index (χ2n) is 7.47. The van der Waals surface area contributed by atoms with E-state index in [2.05, 4.69) is 97.7 Å². The van der Waals surface area contributed by atoms with E-state index in [1.165, 1.54) is 33.6 Å². The first kappa shape index (κ1) is 21.0. The summed E-state index contributed by atoms with van der Waals surface area (Å²) in [7, 11) is 0. The van der Waals surface area contributed by atoms with Crippen molar-refractivity contribution in [3.8, 4) is 22.5 Å². The van der Waals surface area contributed by atoms with Gasteiger partial charge in [-0.2, -0.15) is 0 Å². The number of aryl methyl sites for hydroxylation is 2. The zero-order valence-corrected chi connectivity index (χ0v) is 18.7. The van der Waals surface area contributed by atoms with Gasteiger partial charge in [-0.05, 0) is 76.9 Å². The third-order valence-electron chi connectivity index (χ3n) is 5.84. The summed E-state index contributed by atoms with van der Waals surface area (Å²) in [4.78, 5) is 12.8. The number of aromatic nitrogens is 2. The Morgan fingerprint density at radius 3 is 1.66 bits per heavy atom. The molecule has 154 valence electrons. The Hall–Kier alpha value is -2.75. The molecule has 0 amide bonds. The number of nitrogens with one attached hydrogen (secondary N) is 1. The van der Waals surface area contributed by atoms with Crippen molar-refractivity contribution in [2.75, 3.05) is 36.0 Å². The maximum Gasteiger partial charge on any atom is 0.0963 e. The van der Waals surface area contributed by atoms with Crippen LogP contribution < -0.4 is 9.80 Å². The zero-order chi connectivity index (χ0) is 21.0. The molecule has 2 aromatic carbocycles. The first-order valence-electron chi connectivity index (χ1n) is 10.8. The van der Waals surface area contributed by atoms with Gasteiger partial charge in [-0.25, -0.2) is 4.98 Å². The molecule has 0 fully saturated rings. The lowest BCUT2D eigenvalue weighted by molar-refractivity contribution is 0.865. The van der Waals surface area contributed by atoms with E-state index in [1.54, 1.807) is 6.33 Å². The third-order valence-corrected chi connectivity index (χ3v) is 5.84. The summed E-state index contributed by atoms with van der Waals surface area (Å²) < 4.78 is 0. The minimum absolute atomic E-state index is 1.01. The average molecular weight is 391 g/mol. The largest absolute Gasteiger partial charge is 0.372 e. The molecule has 3 aromatic rings. The van der Waals surface area contributed by atoms with Gasteiger partial charge in [0.2, 0.25) is 0 Å². The summed E-state index contributed by atoms with van der Waals surface area (Å²) >= 11 is 0. The van der Waals surface area contributed by atoms with Gasteiger partial charge in [0.15, 0.2) is 0 Å². The fourth-order valence-corrected chi connectivity index (χ4v) is 4.12. The Bertz CT molecular complexity index is 873. The molecule has 3 rings (SSSR count). The van der Waals surface area contributed by atoms with Crippen molar-refractivity contribution in [1.29, 1.82) is 0 Å². The molecule has 0 saturated heterocycles. The Balaban J connectivity index is 2.00. The molecule has 0 radical (unpaired) electrons. The van der Waals surface area contributed by atoms with E-state index in [9.17, 15) is 0 Å². The fourth-order valence-electron chi connectivity index (χ4n) is 4.12. The quantitative estimate of drug-likeness (QED) is 0.508. The summed E-state index contributed by atoms with van der Waals surface area (Å²) in [5.41, 5.74) is 9.56. The maximum atomic E-state index is 4.69. The Labute approximate surface area is 175 Å². The van der Waals surface area contributed by atoms with Gasteiger partial charge in [-0.1, -0.05) is 12.1 Å². The minimum Gasteiger partial charge on any atom is -0.372 e. The topological polar surface area (TPSA) is 35.2 Å². The molecule has 4 heteroatoms. The van der Waals surface area contributed by atoms with Crippen LogP contribution in [0.15, 0.2) is 42.7 Å². The van der Waals surface area contributed by atoms with Crippen LogP contribution in [0.1, 0.15) is 38.8 Å². The molecule has 0 aliphatic rings. The molecule has 29 heavy (non-hydrogen) atoms. The van der Waals surface area contributed by atoms with Crippen molar-refractivity contribution >= 4 is 11.4 Å². The van der Waals surface area contributed by atoms with Gasteiger partial charge >= 0.3 is 0 Å². The first-order chi connectivity index (χ1) is 14.0. The Morgan fingerprint density at radius 2 is 1.21 bits per heavy atom. The van der Waals surface area contributed by atoms with E-state index in [-0.39, 0.29) is 0 Å². The first-order valence-corrected chi connectivity index (χ1v) is 10.8. The van der Waals surface area contributed by atoms with E-state index in [0.717, 1.165) is 37.6 Å². The van der Waals surface area contributed by atoms with Gasteiger partial charge in [0.05, 0.1) is 17.7 Å². The second kappa shape index (κ2) is 9.17. The van der Waals surface area contributed by atoms with Gasteiger partial charge in [0, 0.05) is 48.7 Å². The molecular weight excluding hydrogens is 356 g/mol. The van der Waals surface area contributed by atoms with Crippen LogP contribution in [0.2, 0.25) is 0 Å². The molecule has 0 saturated carbocycles. The van der Waals surface area contributed by atoms with E-state index in [4.69, 9.17) is 0 Å². The SMILES string of the molecule is CCN(CC)c1ccc(-c2nc[nH]c2-c2ccc(N(CC)CC)cc2C)c(C)c1. The number of rotatable bonds is 8. The van der Waals surface area contributed by atoms with E-state index in [1.807, 2.05) is 0 Å². The lowest BCUT2D eigenvalue weighted by Crippen LogP contribution is -2.21. The van der Waals surface area contributed by atoms with Crippen LogP contribution in [0.3, 0.4) is 0 Å². The highest BCUT2D eigenvalue weighted by Gasteiger charge is 2.16. The van der Waals surface area contributed by atoms with Crippen molar-refractivity contribution in [2.24, 2.45) is 0 Å². The van der Waals surface area contributed by atoms with Gasteiger partial charge in [-0.15, -0.1) is 0 Å². The van der Waals surface area contributed by atoms with Crippen molar-refractivity contribution in [3.63, 3.8) is 0 Å². The predicted molar refractivity (Wildman–Crippen MR) is 126 cm³/mol. The highest BCUT2D eigenvalue weighted by atomic mass is 15.1. The van der Waals surface area contributed by atoms with Crippen LogP contribution in [-0.4, -0.2) is 36.1 Å². The van der Waals surface area contributed by atoms with Crippen molar-refractivity contribution in [1.82, 2.24) is 9.97 Å². The standard InChI is InChI=1S/C25H34N4/c1-7-28(8-2)20-11-13-22(18(5)15-20)24-25(27-17-26-24)23-14-12-21(16-19(23)6)29(9-3)10-4/h11-17H,7-10H2,1-6H3,(H,26,27). The molecule has 0 aliphatic heterocycles. The number of hydrogen-bond acceptors (Lipinski definition) is 3. The van der Waals surface area contributed by atoms with Crippen LogP contribution in [0.25, 0.3) is 22.5 Å². The summed E-state index contributed by atoms with van der Waals surface area (Å²) in [6.07, 6.45) is 1.81. The average Bonchev–Trinajstić information content (AvgIpc) is 3.19. The van der Waals surface area contributed by atoms with E-state index < -0.39 is 0 Å². The van der Waals surface area contributed by atoms with Gasteiger partial charge in [0.1, 0.15) is 0 Å². The van der Waals surface area contributed by atoms with Crippen molar-refractivity contribution in [3.05, 3.63) is 53.9 Å². The van der Waals surface area contributed by atoms with Crippen LogP contribution in [0.4, 0.5) is 11.4 Å². The summed E-state index contributed by atoms with van der Waals surface area (Å²) in [6, 6.07) is 13.4. The monoisotopic (exact) mass is 390 g/mol. The molecule has 1 N–H and O–H groups in total. The third kappa shape index (κ3) is 4.16. The number of H-pyrrole nitrogens is 1. The number of anilines is 2. The van der Waals surface area contributed by atoms with Gasteiger partial charge in [-0.3, -0.25) is 0 Å². The summed E-state index contributed by atoms with van der Waals surface area (Å²) in [5.74, 6) is 0. The molecule has 0 unspecified atom stereocenters. The van der Waals surface area contributed by atoms with Gasteiger partial charge in [0.25, 0.3) is 0 Å². The Morgan fingerprint density at radius 1 is 0.724 bits per heavy atom. The zero-order valence-electron chi connectivity index (χ0n) is 18.7. The molecule has 0 aliphatic carbocycles. The van der Waals surface area contributed by atoms with Gasteiger partial charge < -0.3 is 14.8 Å². The van der Waals surface area contributed by atoms with Crippen molar-refractivity contribution in [2.45, 2.75) is 41.5 Å². The smallest absolute Gasteiger partial charge is 0.0963 e. The van der Waals surface area contributed by atoms with Crippen LogP contribution in [-0.2, 0) is 0 Å². The molecule has 1 heterocycles. The molecule has 0 spiro atoms. The highest BCUT2D eigenvalue weighted by Crippen LogP contribution is 2.35. The van der Waals surface area contributed by atoms with Crippen LogP contribution in [0.5, 0.6) is 0 Å². The van der Waals surface area contributed by atoms with Crippen LogP contribution in [0, 0.1) is 13.8 Å². The number of hydrogen-bond donors (Lipinski definition) is 1. The summed E-state index contributed by atoms with van der Waals surface area (Å²) in [5, 5.41) is 0. The Kier molecular flexibility index (Phi) is 6.63. The normalized spacial score (nSPS) is 11.0. The fraction of sp³-hybridized carbons (Fsp3) is 0.400. The lowest BCUT2D eigenvalue weighted by atomic mass is 9.97. The highest BCUT2D eigenvalue weighted by molar-refractivity contribution is 5.82. The second-order valence-corrected chi connectivity index (χ2v) is 7.47. The van der Waals surface area contributed by atoms with E-state index in [0.29, 0.717) is 0 Å². The van der Waals surface area contributed by atoms with Crippen molar-refractivity contribution < 1.29 is 0 Å². The number of imidazole rings is 1. The molecular formula is C25H34N4. The number of aromatic amines is 1. The minimum atomic E-state index is 1.01. The molecule has 0 bridgehead atoms. The van der Waals surface area contributed by atoms with Crippen LogP contribution >= 0.6 is 0 Å². The molecule has 1 aromatic heterocycles. The molecule has 0 atom stereocenters. The number of benzene rings is 2. The number of nitrogens with zero attached hydrogens (tertiary/aromatic N) is 3.